The maximum Gasteiger partial charge on any atom is 0.338 e. The highest BCUT2D eigenvalue weighted by atomic mass is 16.5. The molecule has 0 N–H and O–H groups in total. The molecule has 0 unspecified atom stereocenters. The number of hydrogen-bond donors (Lipinski definition) is 0. The average Bonchev–Trinajstić information content (AvgIpc) is 2.57. The summed E-state index contributed by atoms with van der Waals surface area (Å²) in [7, 11) is 0. The first-order valence-electron chi connectivity index (χ1n) is 5.72. The van der Waals surface area contributed by atoms with Crippen molar-refractivity contribution in [3.05, 3.63) is 34.6 Å². The summed E-state index contributed by atoms with van der Waals surface area (Å²) in [4.78, 5) is 11.7. The minimum absolute atomic E-state index is 0.282. The van der Waals surface area contributed by atoms with Gasteiger partial charge in [0, 0.05) is 5.39 Å². The lowest BCUT2D eigenvalue weighted by Gasteiger charge is -2.03. The highest BCUT2D eigenvalue weighted by Gasteiger charge is 2.14. The molecule has 1 aromatic heterocycles. The van der Waals surface area contributed by atoms with Gasteiger partial charge in [-0.25, -0.2) is 4.79 Å². The lowest BCUT2D eigenvalue weighted by molar-refractivity contribution is 0.0526. The molecule has 0 amide bonds. The van der Waals surface area contributed by atoms with Crippen LogP contribution in [0.4, 0.5) is 0 Å². The summed E-state index contributed by atoms with van der Waals surface area (Å²) >= 11 is 0. The van der Waals surface area contributed by atoms with Gasteiger partial charge in [0.15, 0.2) is 0 Å². The summed E-state index contributed by atoms with van der Waals surface area (Å²) in [6, 6.07) is 3.65. The van der Waals surface area contributed by atoms with Crippen LogP contribution in [-0.4, -0.2) is 12.6 Å². The molecule has 2 aromatic rings. The molecule has 3 heteroatoms. The van der Waals surface area contributed by atoms with Gasteiger partial charge in [0.1, 0.15) is 11.3 Å². The minimum atomic E-state index is -0.282. The monoisotopic (exact) mass is 232 g/mol. The molecule has 0 spiro atoms. The molecular formula is C14H16O3. The molecule has 17 heavy (non-hydrogen) atoms. The van der Waals surface area contributed by atoms with Crippen LogP contribution in [0.3, 0.4) is 0 Å². The van der Waals surface area contributed by atoms with Gasteiger partial charge >= 0.3 is 5.97 Å². The van der Waals surface area contributed by atoms with Crippen LogP contribution in [-0.2, 0) is 4.74 Å². The Labute approximate surface area is 100 Å². The van der Waals surface area contributed by atoms with E-state index >= 15 is 0 Å². The first-order chi connectivity index (χ1) is 8.04. The van der Waals surface area contributed by atoms with Crippen LogP contribution < -0.4 is 0 Å². The molecule has 0 radical (unpaired) electrons. The van der Waals surface area contributed by atoms with Gasteiger partial charge in [-0.2, -0.15) is 0 Å². The number of ether oxygens (including phenoxy) is 1. The number of furan rings is 1. The van der Waals surface area contributed by atoms with Crippen LogP contribution in [0.2, 0.25) is 0 Å². The van der Waals surface area contributed by atoms with E-state index in [2.05, 4.69) is 0 Å². The second-order valence-corrected chi connectivity index (χ2v) is 4.17. The van der Waals surface area contributed by atoms with Gasteiger partial charge in [-0.05, 0) is 51.0 Å². The van der Waals surface area contributed by atoms with Crippen molar-refractivity contribution in [2.75, 3.05) is 6.61 Å². The van der Waals surface area contributed by atoms with Crippen molar-refractivity contribution in [1.29, 1.82) is 0 Å². The topological polar surface area (TPSA) is 39.4 Å². The van der Waals surface area contributed by atoms with Crippen molar-refractivity contribution in [2.24, 2.45) is 0 Å². The second-order valence-electron chi connectivity index (χ2n) is 4.17. The smallest absolute Gasteiger partial charge is 0.338 e. The Morgan fingerprint density at radius 1 is 1.29 bits per heavy atom. The van der Waals surface area contributed by atoms with Crippen LogP contribution >= 0.6 is 0 Å². The average molecular weight is 232 g/mol. The maximum absolute atomic E-state index is 11.7. The SMILES string of the molecule is CCOC(=O)c1cc(C)c2oc(C)c(C)c2c1. The fraction of sp³-hybridized carbons (Fsp3) is 0.357. The Bertz CT molecular complexity index is 579. The van der Waals surface area contributed by atoms with Crippen molar-refractivity contribution in [3.8, 4) is 0 Å². The van der Waals surface area contributed by atoms with E-state index in [0.717, 1.165) is 27.9 Å². The Morgan fingerprint density at radius 2 is 2.00 bits per heavy atom. The Balaban J connectivity index is 2.61. The van der Waals surface area contributed by atoms with Gasteiger partial charge in [-0.1, -0.05) is 0 Å². The number of esters is 1. The van der Waals surface area contributed by atoms with Crippen LogP contribution in [0, 0.1) is 20.8 Å². The Kier molecular flexibility index (Phi) is 2.92. The van der Waals surface area contributed by atoms with E-state index in [1.54, 1.807) is 6.92 Å². The zero-order chi connectivity index (χ0) is 12.6. The van der Waals surface area contributed by atoms with E-state index in [1.807, 2.05) is 32.9 Å². The number of benzene rings is 1. The van der Waals surface area contributed by atoms with Gasteiger partial charge in [0.05, 0.1) is 12.2 Å². The molecule has 0 saturated carbocycles. The summed E-state index contributed by atoms with van der Waals surface area (Å²) in [6.07, 6.45) is 0. The van der Waals surface area contributed by atoms with Crippen molar-refractivity contribution in [1.82, 2.24) is 0 Å². The molecule has 0 aliphatic heterocycles. The van der Waals surface area contributed by atoms with E-state index < -0.39 is 0 Å². The lowest BCUT2D eigenvalue weighted by atomic mass is 10.1. The first kappa shape index (κ1) is 11.7. The molecule has 0 aliphatic rings. The van der Waals surface area contributed by atoms with Crippen molar-refractivity contribution in [3.63, 3.8) is 0 Å². The molecule has 0 saturated heterocycles. The van der Waals surface area contributed by atoms with Crippen molar-refractivity contribution < 1.29 is 13.9 Å². The van der Waals surface area contributed by atoms with Gasteiger partial charge in [-0.15, -0.1) is 0 Å². The molecule has 0 aliphatic carbocycles. The number of carbonyl (C=O) groups excluding carboxylic acids is 1. The standard InChI is InChI=1S/C14H16O3/c1-5-16-14(15)11-6-8(2)13-12(7-11)9(3)10(4)17-13/h6-7H,5H2,1-4H3. The molecule has 0 atom stereocenters. The third-order valence-corrected chi connectivity index (χ3v) is 2.97. The van der Waals surface area contributed by atoms with Gasteiger partial charge in [-0.3, -0.25) is 0 Å². The van der Waals surface area contributed by atoms with Crippen molar-refractivity contribution in [2.45, 2.75) is 27.7 Å². The van der Waals surface area contributed by atoms with Gasteiger partial charge in [0.2, 0.25) is 0 Å². The molecule has 3 nitrogen and oxygen atoms in total. The molecule has 0 fully saturated rings. The normalized spacial score (nSPS) is 10.8. The lowest BCUT2D eigenvalue weighted by Crippen LogP contribution is -2.04. The molecule has 1 aromatic carbocycles. The fourth-order valence-electron chi connectivity index (χ4n) is 1.94. The fourth-order valence-corrected chi connectivity index (χ4v) is 1.94. The molecule has 90 valence electrons. The van der Waals surface area contributed by atoms with Crippen molar-refractivity contribution >= 4 is 16.9 Å². The molecule has 0 bridgehead atoms. The van der Waals surface area contributed by atoms with Crippen LogP contribution in [0.25, 0.3) is 11.0 Å². The Hall–Kier alpha value is -1.77. The first-order valence-corrected chi connectivity index (χ1v) is 5.72. The predicted octanol–water partition coefficient (Wildman–Crippen LogP) is 3.53. The third kappa shape index (κ3) is 1.93. The number of hydrogen-bond acceptors (Lipinski definition) is 3. The summed E-state index contributed by atoms with van der Waals surface area (Å²) in [5.41, 5.74) is 3.48. The highest BCUT2D eigenvalue weighted by Crippen LogP contribution is 2.28. The van der Waals surface area contributed by atoms with E-state index in [4.69, 9.17) is 9.15 Å². The number of aryl methyl sites for hydroxylation is 3. The zero-order valence-corrected chi connectivity index (χ0v) is 10.6. The predicted molar refractivity (Wildman–Crippen MR) is 66.4 cm³/mol. The quantitative estimate of drug-likeness (QED) is 0.743. The molecule has 2 rings (SSSR count). The maximum atomic E-state index is 11.7. The third-order valence-electron chi connectivity index (χ3n) is 2.97. The van der Waals surface area contributed by atoms with Gasteiger partial charge < -0.3 is 9.15 Å². The van der Waals surface area contributed by atoms with Crippen LogP contribution in [0.1, 0.15) is 34.2 Å². The number of fused-ring (bicyclic) bond motifs is 1. The van der Waals surface area contributed by atoms with E-state index in [1.165, 1.54) is 0 Å². The number of rotatable bonds is 2. The summed E-state index contributed by atoms with van der Waals surface area (Å²) in [6.45, 7) is 8.05. The largest absolute Gasteiger partial charge is 0.462 e. The highest BCUT2D eigenvalue weighted by molar-refractivity contribution is 5.96. The zero-order valence-electron chi connectivity index (χ0n) is 10.6. The minimum Gasteiger partial charge on any atom is -0.462 e. The Morgan fingerprint density at radius 3 is 2.65 bits per heavy atom. The van der Waals surface area contributed by atoms with Crippen LogP contribution in [0.15, 0.2) is 16.5 Å². The van der Waals surface area contributed by atoms with Crippen LogP contribution in [0.5, 0.6) is 0 Å². The van der Waals surface area contributed by atoms with E-state index in [-0.39, 0.29) is 5.97 Å². The molecular weight excluding hydrogens is 216 g/mol. The molecule has 1 heterocycles. The number of carbonyl (C=O) groups is 1. The summed E-state index contributed by atoms with van der Waals surface area (Å²) in [5, 5.41) is 0.991. The second kappa shape index (κ2) is 4.24. The van der Waals surface area contributed by atoms with Gasteiger partial charge in [0.25, 0.3) is 0 Å². The summed E-state index contributed by atoms with van der Waals surface area (Å²) < 4.78 is 10.7. The summed E-state index contributed by atoms with van der Waals surface area (Å²) in [5.74, 6) is 0.611. The van der Waals surface area contributed by atoms with E-state index in [0.29, 0.717) is 12.2 Å². The van der Waals surface area contributed by atoms with E-state index in [9.17, 15) is 4.79 Å².